The number of fused-ring (bicyclic) bond motifs is 1. The minimum Gasteiger partial charge on any atom is -0.508 e. The fourth-order valence-corrected chi connectivity index (χ4v) is 2.79. The summed E-state index contributed by atoms with van der Waals surface area (Å²) in [6.45, 7) is 0. The molecule has 6 nitrogen and oxygen atoms in total. The van der Waals surface area contributed by atoms with Crippen molar-refractivity contribution in [2.24, 2.45) is 5.73 Å². The Morgan fingerprint density at radius 1 is 1.48 bits per heavy atom. The number of aromatic hydroxyl groups is 1. The van der Waals surface area contributed by atoms with E-state index in [0.717, 1.165) is 16.6 Å². The van der Waals surface area contributed by atoms with Gasteiger partial charge in [0.25, 0.3) is 0 Å². The smallest absolute Gasteiger partial charge is 0.323 e. The first-order chi connectivity index (χ1) is 10.0. The Bertz CT molecular complexity index is 822. The Balaban J connectivity index is 1.97. The number of nitrogen functional groups attached to an aromatic ring is 1. The summed E-state index contributed by atoms with van der Waals surface area (Å²) in [4.78, 5) is 15.6. The third-order valence-electron chi connectivity index (χ3n) is 3.18. The van der Waals surface area contributed by atoms with Gasteiger partial charge in [0.05, 0.1) is 11.2 Å². The second kappa shape index (κ2) is 5.10. The number of carbonyl (C=O) groups is 1. The van der Waals surface area contributed by atoms with E-state index in [1.54, 1.807) is 18.3 Å². The van der Waals surface area contributed by atoms with Gasteiger partial charge in [-0.2, -0.15) is 0 Å². The molecule has 1 amide bonds. The minimum atomic E-state index is -0.560. The monoisotopic (exact) mass is 301 g/mol. The van der Waals surface area contributed by atoms with Crippen molar-refractivity contribution in [1.29, 1.82) is 0 Å². The summed E-state index contributed by atoms with van der Waals surface area (Å²) in [6.07, 6.45) is 4.15. The molecule has 0 aliphatic carbocycles. The van der Waals surface area contributed by atoms with Crippen LogP contribution in [0.2, 0.25) is 0 Å². The highest BCUT2D eigenvalue weighted by molar-refractivity contribution is 7.13. The molecule has 5 N–H and O–H groups in total. The number of hydrogen-bond donors (Lipinski definition) is 3. The predicted molar refractivity (Wildman–Crippen MR) is 82.2 cm³/mol. The number of benzene rings is 1. The Labute approximate surface area is 124 Å². The van der Waals surface area contributed by atoms with Crippen LogP contribution in [0.1, 0.15) is 11.3 Å². The maximum Gasteiger partial charge on any atom is 0.323 e. The maximum absolute atomic E-state index is 11.5. The quantitative estimate of drug-likeness (QED) is 0.688. The van der Waals surface area contributed by atoms with Crippen LogP contribution in [-0.4, -0.2) is 20.7 Å². The third kappa shape index (κ3) is 2.55. The first-order valence-electron chi connectivity index (χ1n) is 6.21. The molecule has 0 saturated heterocycles. The van der Waals surface area contributed by atoms with Crippen LogP contribution in [0.25, 0.3) is 10.9 Å². The van der Waals surface area contributed by atoms with E-state index in [4.69, 9.17) is 11.5 Å². The summed E-state index contributed by atoms with van der Waals surface area (Å²) in [6, 6.07) is 4.25. The standard InChI is InChI=1S/C14H13N4O2S/c15-13-17-9(7-21-13)2-1-8-6-18(14(16)20)12-4-3-10(19)5-11(8)12/h2-7,19H,1H2,(H2,15,17)(H2,16,20). The normalized spacial score (nSPS) is 11.0. The number of hydrogen-bond acceptors (Lipinski definition) is 5. The lowest BCUT2D eigenvalue weighted by Gasteiger charge is -1.99. The summed E-state index contributed by atoms with van der Waals surface area (Å²) >= 11 is 1.37. The van der Waals surface area contributed by atoms with E-state index in [9.17, 15) is 9.90 Å². The van der Waals surface area contributed by atoms with Gasteiger partial charge >= 0.3 is 6.03 Å². The summed E-state index contributed by atoms with van der Waals surface area (Å²) in [5, 5.41) is 12.8. The number of anilines is 1. The van der Waals surface area contributed by atoms with Gasteiger partial charge in [0.15, 0.2) is 5.13 Å². The number of thiazole rings is 1. The predicted octanol–water partition coefficient (Wildman–Crippen LogP) is 2.11. The van der Waals surface area contributed by atoms with E-state index in [1.807, 2.05) is 11.8 Å². The molecule has 0 unspecified atom stereocenters. The fourth-order valence-electron chi connectivity index (χ4n) is 2.24. The average molecular weight is 301 g/mol. The molecule has 0 saturated carbocycles. The molecule has 0 atom stereocenters. The highest BCUT2D eigenvalue weighted by Crippen LogP contribution is 2.27. The van der Waals surface area contributed by atoms with Crippen molar-refractivity contribution in [3.63, 3.8) is 0 Å². The molecule has 0 spiro atoms. The summed E-state index contributed by atoms with van der Waals surface area (Å²) in [5.41, 5.74) is 13.3. The lowest BCUT2D eigenvalue weighted by atomic mass is 10.1. The molecule has 3 aromatic rings. The molecule has 2 heterocycles. The molecular weight excluding hydrogens is 288 g/mol. The number of nitrogens with two attached hydrogens (primary N) is 2. The van der Waals surface area contributed by atoms with Crippen molar-refractivity contribution in [1.82, 2.24) is 9.55 Å². The molecule has 1 radical (unpaired) electrons. The fraction of sp³-hybridized carbons (Fsp3) is 0.0714. The van der Waals surface area contributed by atoms with E-state index in [2.05, 4.69) is 4.98 Å². The summed E-state index contributed by atoms with van der Waals surface area (Å²) < 4.78 is 1.37. The highest BCUT2D eigenvalue weighted by Gasteiger charge is 2.13. The second-order valence-electron chi connectivity index (χ2n) is 4.58. The van der Waals surface area contributed by atoms with Crippen LogP contribution in [0.3, 0.4) is 0 Å². The Kier molecular flexibility index (Phi) is 3.26. The van der Waals surface area contributed by atoms with Crippen LogP contribution >= 0.6 is 11.3 Å². The molecule has 1 aromatic carbocycles. The highest BCUT2D eigenvalue weighted by atomic mass is 32.1. The zero-order valence-electron chi connectivity index (χ0n) is 11.0. The van der Waals surface area contributed by atoms with E-state index in [1.165, 1.54) is 22.0 Å². The Morgan fingerprint density at radius 2 is 2.29 bits per heavy atom. The molecule has 107 valence electrons. The number of phenols is 1. The molecule has 21 heavy (non-hydrogen) atoms. The average Bonchev–Trinajstić information content (AvgIpc) is 3.00. The van der Waals surface area contributed by atoms with Crippen molar-refractivity contribution < 1.29 is 9.90 Å². The van der Waals surface area contributed by atoms with Crippen LogP contribution in [0.4, 0.5) is 9.93 Å². The van der Waals surface area contributed by atoms with Gasteiger partial charge in [0.2, 0.25) is 0 Å². The zero-order chi connectivity index (χ0) is 15.0. The minimum absolute atomic E-state index is 0.142. The van der Waals surface area contributed by atoms with Crippen molar-refractivity contribution >= 4 is 33.4 Å². The first-order valence-corrected chi connectivity index (χ1v) is 7.09. The van der Waals surface area contributed by atoms with Crippen LogP contribution in [0.5, 0.6) is 5.75 Å². The second-order valence-corrected chi connectivity index (χ2v) is 5.47. The number of amides is 1. The Morgan fingerprint density at radius 3 is 2.95 bits per heavy atom. The molecule has 7 heteroatoms. The van der Waals surface area contributed by atoms with Crippen molar-refractivity contribution in [2.45, 2.75) is 6.42 Å². The van der Waals surface area contributed by atoms with Crippen molar-refractivity contribution in [3.8, 4) is 5.75 Å². The van der Waals surface area contributed by atoms with E-state index in [0.29, 0.717) is 17.1 Å². The van der Waals surface area contributed by atoms with E-state index >= 15 is 0 Å². The number of phenolic OH excluding ortho intramolecular Hbond substituents is 1. The number of nitrogens with zero attached hydrogens (tertiary/aromatic N) is 2. The van der Waals surface area contributed by atoms with E-state index < -0.39 is 6.03 Å². The third-order valence-corrected chi connectivity index (χ3v) is 3.87. The SMILES string of the molecule is NC(=O)n1cc(C[CH]c2csc(N)n2)c2cc(O)ccc21. The van der Waals surface area contributed by atoms with Gasteiger partial charge in [-0.05, 0) is 30.2 Å². The maximum atomic E-state index is 11.5. The summed E-state index contributed by atoms with van der Waals surface area (Å²) in [7, 11) is 0. The van der Waals surface area contributed by atoms with Gasteiger partial charge in [-0.3, -0.25) is 4.57 Å². The van der Waals surface area contributed by atoms with E-state index in [-0.39, 0.29) is 5.75 Å². The molecule has 3 rings (SSSR count). The van der Waals surface area contributed by atoms with Crippen molar-refractivity contribution in [3.05, 3.63) is 47.5 Å². The van der Waals surface area contributed by atoms with Gasteiger partial charge in [-0.15, -0.1) is 11.3 Å². The molecule has 0 aliphatic heterocycles. The number of carbonyl (C=O) groups excluding carboxylic acids is 1. The number of rotatable bonds is 3. The summed E-state index contributed by atoms with van der Waals surface area (Å²) in [5.74, 6) is 0.142. The molecule has 0 aliphatic rings. The van der Waals surface area contributed by atoms with Crippen LogP contribution in [0.15, 0.2) is 29.8 Å². The lowest BCUT2D eigenvalue weighted by molar-refractivity contribution is 0.251. The first kappa shape index (κ1) is 13.4. The molecule has 0 bridgehead atoms. The number of aromatic nitrogens is 2. The largest absolute Gasteiger partial charge is 0.508 e. The van der Waals surface area contributed by atoms with Crippen molar-refractivity contribution in [2.75, 3.05) is 5.73 Å². The number of primary amides is 1. The van der Waals surface area contributed by atoms with Gasteiger partial charge in [-0.25, -0.2) is 9.78 Å². The topological polar surface area (TPSA) is 107 Å². The van der Waals surface area contributed by atoms with Gasteiger partial charge in [-0.1, -0.05) is 0 Å². The van der Waals surface area contributed by atoms with Crippen LogP contribution in [0, 0.1) is 6.42 Å². The molecular formula is C14H13N4O2S. The Hall–Kier alpha value is -2.54. The van der Waals surface area contributed by atoms with Gasteiger partial charge in [0.1, 0.15) is 5.75 Å². The van der Waals surface area contributed by atoms with Gasteiger partial charge < -0.3 is 16.6 Å². The van der Waals surface area contributed by atoms with Gasteiger partial charge in [0, 0.05) is 23.4 Å². The molecule has 2 aromatic heterocycles. The lowest BCUT2D eigenvalue weighted by Crippen LogP contribution is -2.18. The van der Waals surface area contributed by atoms with Crippen LogP contribution in [-0.2, 0) is 6.42 Å². The zero-order valence-corrected chi connectivity index (χ0v) is 11.8. The molecule has 0 fully saturated rings. The van der Waals surface area contributed by atoms with Crippen LogP contribution < -0.4 is 11.5 Å².